The Kier molecular flexibility index (Phi) is 4.86. The Balaban J connectivity index is 1.72. The van der Waals surface area contributed by atoms with E-state index in [4.69, 9.17) is 4.74 Å². The highest BCUT2D eigenvalue weighted by Gasteiger charge is 2.14. The third kappa shape index (κ3) is 4.21. The van der Waals surface area contributed by atoms with E-state index in [1.54, 1.807) is 12.1 Å². The minimum Gasteiger partial charge on any atom is -0.390 e. The largest absolute Gasteiger partial charge is 0.390 e. The second-order valence-corrected chi connectivity index (χ2v) is 4.29. The summed E-state index contributed by atoms with van der Waals surface area (Å²) >= 11 is 0. The van der Waals surface area contributed by atoms with Crippen LogP contribution in [0.5, 0.6) is 0 Å². The molecule has 18 heavy (non-hydrogen) atoms. The Morgan fingerprint density at radius 3 is 2.94 bits per heavy atom. The minimum atomic E-state index is -0.525. The molecule has 1 aliphatic heterocycles. The fourth-order valence-electron chi connectivity index (χ4n) is 1.88. The summed E-state index contributed by atoms with van der Waals surface area (Å²) in [6.07, 6.45) is -0.506. The molecule has 5 nitrogen and oxygen atoms in total. The zero-order valence-electron chi connectivity index (χ0n) is 10.2. The van der Waals surface area contributed by atoms with Crippen LogP contribution < -0.4 is 5.32 Å². The van der Waals surface area contributed by atoms with Gasteiger partial charge in [-0.3, -0.25) is 4.90 Å². The van der Waals surface area contributed by atoms with Gasteiger partial charge in [-0.25, -0.2) is 4.98 Å². The summed E-state index contributed by atoms with van der Waals surface area (Å²) in [4.78, 5) is 5.82. The summed E-state index contributed by atoms with van der Waals surface area (Å²) in [7, 11) is 0. The van der Waals surface area contributed by atoms with E-state index in [0.29, 0.717) is 32.1 Å². The molecule has 1 saturated heterocycles. The smallest absolute Gasteiger partial charge is 0.214 e. The normalized spacial score (nSPS) is 18.6. The number of pyridine rings is 1. The lowest BCUT2D eigenvalue weighted by Crippen LogP contribution is -2.42. The van der Waals surface area contributed by atoms with Crippen molar-refractivity contribution in [2.24, 2.45) is 0 Å². The highest BCUT2D eigenvalue weighted by atomic mass is 19.1. The Bertz CT molecular complexity index is 372. The number of hydrogen-bond donors (Lipinski definition) is 2. The van der Waals surface area contributed by atoms with Gasteiger partial charge in [-0.1, -0.05) is 6.07 Å². The van der Waals surface area contributed by atoms with Gasteiger partial charge >= 0.3 is 0 Å². The SMILES string of the molecule is OC(CNc1cccc(F)n1)CN1CCOCC1. The number of rotatable bonds is 5. The fourth-order valence-corrected chi connectivity index (χ4v) is 1.88. The van der Waals surface area contributed by atoms with E-state index < -0.39 is 12.1 Å². The molecule has 2 heterocycles. The van der Waals surface area contributed by atoms with E-state index in [2.05, 4.69) is 15.2 Å². The summed E-state index contributed by atoms with van der Waals surface area (Å²) in [5.74, 6) is -0.0845. The molecule has 0 spiro atoms. The molecular formula is C12H18FN3O2. The second kappa shape index (κ2) is 6.63. The molecule has 0 saturated carbocycles. The number of nitrogens with zero attached hydrogens (tertiary/aromatic N) is 2. The van der Waals surface area contributed by atoms with Crippen molar-refractivity contribution >= 4 is 5.82 Å². The first-order valence-corrected chi connectivity index (χ1v) is 6.08. The minimum absolute atomic E-state index is 0.355. The molecule has 1 aromatic rings. The first kappa shape index (κ1) is 13.2. The summed E-state index contributed by atoms with van der Waals surface area (Å²) in [6.45, 7) is 4.06. The van der Waals surface area contributed by atoms with E-state index >= 15 is 0 Å². The number of halogens is 1. The van der Waals surface area contributed by atoms with Crippen molar-refractivity contribution in [1.82, 2.24) is 9.88 Å². The van der Waals surface area contributed by atoms with Crippen LogP contribution in [-0.2, 0) is 4.74 Å². The molecule has 0 aliphatic carbocycles. The summed E-state index contributed by atoms with van der Waals surface area (Å²) in [6, 6.07) is 4.54. The highest BCUT2D eigenvalue weighted by molar-refractivity contribution is 5.33. The zero-order valence-corrected chi connectivity index (χ0v) is 10.2. The van der Waals surface area contributed by atoms with Crippen molar-refractivity contribution in [3.8, 4) is 0 Å². The fraction of sp³-hybridized carbons (Fsp3) is 0.583. The predicted molar refractivity (Wildman–Crippen MR) is 66.0 cm³/mol. The van der Waals surface area contributed by atoms with Crippen molar-refractivity contribution < 1.29 is 14.2 Å². The first-order chi connectivity index (χ1) is 8.74. The standard InChI is InChI=1S/C12H18FN3O2/c13-11-2-1-3-12(15-11)14-8-10(17)9-16-4-6-18-7-5-16/h1-3,10,17H,4-9H2,(H,14,15). The summed E-state index contributed by atoms with van der Waals surface area (Å²) < 4.78 is 18.1. The zero-order chi connectivity index (χ0) is 12.8. The molecule has 1 aliphatic rings. The van der Waals surface area contributed by atoms with Gasteiger partial charge < -0.3 is 15.2 Å². The Labute approximate surface area is 106 Å². The average Bonchev–Trinajstić information content (AvgIpc) is 2.38. The number of nitrogens with one attached hydrogen (secondary N) is 1. The number of aromatic nitrogens is 1. The van der Waals surface area contributed by atoms with Crippen molar-refractivity contribution in [3.63, 3.8) is 0 Å². The van der Waals surface area contributed by atoms with Crippen molar-refractivity contribution in [3.05, 3.63) is 24.1 Å². The summed E-state index contributed by atoms with van der Waals surface area (Å²) in [5, 5.41) is 12.8. The van der Waals surface area contributed by atoms with Gasteiger partial charge in [-0.05, 0) is 12.1 Å². The van der Waals surface area contributed by atoms with Gasteiger partial charge in [0.15, 0.2) is 0 Å². The molecular weight excluding hydrogens is 237 g/mol. The van der Waals surface area contributed by atoms with Crippen molar-refractivity contribution in [2.75, 3.05) is 44.7 Å². The maximum absolute atomic E-state index is 12.8. The third-order valence-electron chi connectivity index (χ3n) is 2.81. The van der Waals surface area contributed by atoms with Crippen LogP contribution in [0.1, 0.15) is 0 Å². The Morgan fingerprint density at radius 1 is 1.44 bits per heavy atom. The molecule has 0 amide bonds. The molecule has 1 atom stereocenters. The van der Waals surface area contributed by atoms with Gasteiger partial charge in [0.05, 0.1) is 19.3 Å². The van der Waals surface area contributed by atoms with Crippen LogP contribution in [0.3, 0.4) is 0 Å². The van der Waals surface area contributed by atoms with E-state index in [-0.39, 0.29) is 0 Å². The monoisotopic (exact) mass is 255 g/mol. The van der Waals surface area contributed by atoms with Crippen LogP contribution in [-0.4, -0.2) is 60.5 Å². The van der Waals surface area contributed by atoms with E-state index in [0.717, 1.165) is 13.1 Å². The first-order valence-electron chi connectivity index (χ1n) is 6.08. The number of morpholine rings is 1. The summed E-state index contributed by atoms with van der Waals surface area (Å²) in [5.41, 5.74) is 0. The predicted octanol–water partition coefficient (Wildman–Crippen LogP) is 0.326. The number of aliphatic hydroxyl groups excluding tert-OH is 1. The lowest BCUT2D eigenvalue weighted by molar-refractivity contribution is 0.0171. The number of hydrogen-bond acceptors (Lipinski definition) is 5. The molecule has 0 aromatic carbocycles. The van der Waals surface area contributed by atoms with Gasteiger partial charge in [0.2, 0.25) is 5.95 Å². The maximum Gasteiger partial charge on any atom is 0.214 e. The van der Waals surface area contributed by atoms with Gasteiger partial charge in [-0.15, -0.1) is 0 Å². The van der Waals surface area contributed by atoms with E-state index in [9.17, 15) is 9.50 Å². The lowest BCUT2D eigenvalue weighted by atomic mass is 10.3. The van der Waals surface area contributed by atoms with Crippen LogP contribution in [0.15, 0.2) is 18.2 Å². The van der Waals surface area contributed by atoms with E-state index in [1.165, 1.54) is 6.07 Å². The Hall–Kier alpha value is -1.24. The third-order valence-corrected chi connectivity index (χ3v) is 2.81. The topological polar surface area (TPSA) is 57.6 Å². The number of ether oxygens (including phenoxy) is 1. The van der Waals surface area contributed by atoms with Gasteiger partial charge in [0.1, 0.15) is 5.82 Å². The molecule has 0 bridgehead atoms. The Morgan fingerprint density at radius 2 is 2.22 bits per heavy atom. The molecule has 1 aromatic heterocycles. The molecule has 2 N–H and O–H groups in total. The molecule has 100 valence electrons. The number of anilines is 1. The number of β-amino-alcohol motifs (C(OH)–C–C–N with tert-alkyl or cyclic N) is 1. The van der Waals surface area contributed by atoms with E-state index in [1.807, 2.05) is 0 Å². The maximum atomic E-state index is 12.8. The van der Waals surface area contributed by atoms with Gasteiger partial charge in [0, 0.05) is 26.2 Å². The molecule has 2 rings (SSSR count). The van der Waals surface area contributed by atoms with Crippen LogP contribution in [0, 0.1) is 5.95 Å². The molecule has 1 fully saturated rings. The van der Waals surface area contributed by atoms with Gasteiger partial charge in [0.25, 0.3) is 0 Å². The highest BCUT2D eigenvalue weighted by Crippen LogP contribution is 2.04. The van der Waals surface area contributed by atoms with Crippen molar-refractivity contribution in [1.29, 1.82) is 0 Å². The van der Waals surface area contributed by atoms with Crippen LogP contribution in [0.2, 0.25) is 0 Å². The molecule has 6 heteroatoms. The second-order valence-electron chi connectivity index (χ2n) is 4.29. The van der Waals surface area contributed by atoms with Crippen LogP contribution in [0.4, 0.5) is 10.2 Å². The van der Waals surface area contributed by atoms with Crippen LogP contribution >= 0.6 is 0 Å². The lowest BCUT2D eigenvalue weighted by Gasteiger charge is -2.28. The average molecular weight is 255 g/mol. The molecule has 1 unspecified atom stereocenters. The number of aliphatic hydroxyl groups is 1. The van der Waals surface area contributed by atoms with Crippen molar-refractivity contribution in [2.45, 2.75) is 6.10 Å². The van der Waals surface area contributed by atoms with Gasteiger partial charge in [-0.2, -0.15) is 4.39 Å². The van der Waals surface area contributed by atoms with Crippen LogP contribution in [0.25, 0.3) is 0 Å². The molecule has 0 radical (unpaired) electrons. The quantitative estimate of drug-likeness (QED) is 0.742.